The molecule has 3 rings (SSSR count). The molecule has 0 spiro atoms. The van der Waals surface area contributed by atoms with E-state index in [1.807, 2.05) is 6.07 Å². The van der Waals surface area contributed by atoms with Crippen molar-refractivity contribution in [2.24, 2.45) is 5.92 Å². The predicted molar refractivity (Wildman–Crippen MR) is 104 cm³/mol. The Bertz CT molecular complexity index is 936. The van der Waals surface area contributed by atoms with Gasteiger partial charge in [0.2, 0.25) is 0 Å². The minimum absolute atomic E-state index is 0.0638. The molecule has 0 amide bonds. The highest BCUT2D eigenvalue weighted by Crippen LogP contribution is 2.43. The number of aromatic amines is 1. The van der Waals surface area contributed by atoms with E-state index in [2.05, 4.69) is 30.7 Å². The van der Waals surface area contributed by atoms with E-state index >= 15 is 0 Å². The molecule has 2 heterocycles. The molecule has 1 atom stereocenters. The minimum Gasteiger partial charge on any atom is -0.490 e. The van der Waals surface area contributed by atoms with Gasteiger partial charge in [-0.3, -0.25) is 4.79 Å². The Hall–Kier alpha value is -2.34. The molecule has 1 aliphatic carbocycles. The van der Waals surface area contributed by atoms with Crippen LogP contribution in [-0.4, -0.2) is 27.7 Å². The van der Waals surface area contributed by atoms with Crippen molar-refractivity contribution in [3.63, 3.8) is 0 Å². The number of hydrogen-bond acceptors (Lipinski definition) is 4. The number of pyridine rings is 2. The van der Waals surface area contributed by atoms with Crippen LogP contribution in [0, 0.1) is 5.92 Å². The fourth-order valence-electron chi connectivity index (χ4n) is 3.45. The van der Waals surface area contributed by atoms with E-state index in [1.54, 1.807) is 0 Å². The molecule has 0 aliphatic heterocycles. The Labute approximate surface area is 162 Å². The van der Waals surface area contributed by atoms with Crippen molar-refractivity contribution in [1.82, 2.24) is 9.97 Å². The van der Waals surface area contributed by atoms with Crippen molar-refractivity contribution < 1.29 is 14.6 Å². The van der Waals surface area contributed by atoms with E-state index in [0.717, 1.165) is 24.0 Å². The molecule has 0 fully saturated rings. The first-order valence-electron chi connectivity index (χ1n) is 9.16. The quantitative estimate of drug-likeness (QED) is 0.567. The van der Waals surface area contributed by atoms with Gasteiger partial charge in [-0.15, -0.1) is 0 Å². The van der Waals surface area contributed by atoms with Crippen molar-refractivity contribution in [3.05, 3.63) is 44.3 Å². The Morgan fingerprint density at radius 2 is 2.19 bits per heavy atom. The second-order valence-electron chi connectivity index (χ2n) is 7.19. The summed E-state index contributed by atoms with van der Waals surface area (Å²) in [5, 5.41) is 9.54. The first-order chi connectivity index (χ1) is 12.8. The van der Waals surface area contributed by atoms with Gasteiger partial charge in [0.1, 0.15) is 5.56 Å². The molecule has 27 heavy (non-hydrogen) atoms. The number of hydrogen-bond donors (Lipinski definition) is 2. The van der Waals surface area contributed by atoms with Crippen molar-refractivity contribution in [3.8, 4) is 17.1 Å². The number of aromatic carboxylic acids is 1. The number of rotatable bonds is 6. The molecule has 2 N–H and O–H groups in total. The molecular weight excluding hydrogens is 368 g/mol. The topological polar surface area (TPSA) is 92.3 Å². The lowest BCUT2D eigenvalue weighted by Gasteiger charge is -2.30. The number of halogens is 1. The smallest absolute Gasteiger partial charge is 0.341 e. The molecule has 6 nitrogen and oxygen atoms in total. The van der Waals surface area contributed by atoms with Gasteiger partial charge < -0.3 is 14.8 Å². The summed E-state index contributed by atoms with van der Waals surface area (Å²) in [6.45, 7) is 6.81. The highest BCUT2D eigenvalue weighted by atomic mass is 35.5. The van der Waals surface area contributed by atoms with Crippen LogP contribution in [0.5, 0.6) is 5.75 Å². The Kier molecular flexibility index (Phi) is 5.56. The van der Waals surface area contributed by atoms with Gasteiger partial charge in [0.25, 0.3) is 5.56 Å². The van der Waals surface area contributed by atoms with Gasteiger partial charge >= 0.3 is 5.97 Å². The number of carbonyl (C=O) groups is 1. The highest BCUT2D eigenvalue weighted by Gasteiger charge is 2.31. The van der Waals surface area contributed by atoms with E-state index in [4.69, 9.17) is 16.3 Å². The average Bonchev–Trinajstić information content (AvgIpc) is 2.61. The third-order valence-corrected chi connectivity index (χ3v) is 5.23. The van der Waals surface area contributed by atoms with Crippen LogP contribution in [0.4, 0.5) is 0 Å². The number of unbranched alkanes of at least 4 members (excludes halogenated alkanes) is 1. The molecule has 0 bridgehead atoms. The number of carboxylic acids is 1. The van der Waals surface area contributed by atoms with Crippen LogP contribution in [0.3, 0.4) is 0 Å². The minimum atomic E-state index is -1.24. The van der Waals surface area contributed by atoms with Crippen LogP contribution in [0.15, 0.2) is 16.9 Å². The first kappa shape index (κ1) is 19.4. The molecule has 2 aromatic heterocycles. The third kappa shape index (κ3) is 3.72. The van der Waals surface area contributed by atoms with Crippen LogP contribution in [0.1, 0.15) is 61.0 Å². The van der Waals surface area contributed by atoms with Gasteiger partial charge in [-0.2, -0.15) is 0 Å². The SMILES string of the molecule is CCCCOc1cc2c(nc1Cl)-c1[nH]c(=O)c(C(=O)O)cc1C(C(C)C)C2. The summed E-state index contributed by atoms with van der Waals surface area (Å²) in [5.74, 6) is -0.379. The van der Waals surface area contributed by atoms with Crippen LogP contribution >= 0.6 is 11.6 Å². The summed E-state index contributed by atoms with van der Waals surface area (Å²) >= 11 is 6.30. The van der Waals surface area contributed by atoms with Crippen molar-refractivity contribution in [1.29, 1.82) is 0 Å². The first-order valence-corrected chi connectivity index (χ1v) is 9.54. The number of carboxylic acid groups (broad SMARTS) is 1. The second kappa shape index (κ2) is 7.72. The fraction of sp³-hybridized carbons (Fsp3) is 0.450. The van der Waals surface area contributed by atoms with Crippen LogP contribution in [0.25, 0.3) is 11.4 Å². The normalized spacial score (nSPS) is 15.4. The number of fused-ring (bicyclic) bond motifs is 3. The molecule has 2 aromatic rings. The van der Waals surface area contributed by atoms with Crippen molar-refractivity contribution in [2.75, 3.05) is 6.61 Å². The summed E-state index contributed by atoms with van der Waals surface area (Å²) in [4.78, 5) is 30.8. The third-order valence-electron chi connectivity index (χ3n) is 4.96. The van der Waals surface area contributed by atoms with Gasteiger partial charge in [0.15, 0.2) is 10.9 Å². The maximum Gasteiger partial charge on any atom is 0.341 e. The number of ether oxygens (including phenoxy) is 1. The van der Waals surface area contributed by atoms with E-state index in [9.17, 15) is 14.7 Å². The van der Waals surface area contributed by atoms with E-state index in [0.29, 0.717) is 30.2 Å². The lowest BCUT2D eigenvalue weighted by Crippen LogP contribution is -2.25. The maximum atomic E-state index is 12.2. The lowest BCUT2D eigenvalue weighted by atomic mass is 9.77. The summed E-state index contributed by atoms with van der Waals surface area (Å²) < 4.78 is 5.76. The van der Waals surface area contributed by atoms with E-state index in [1.165, 1.54) is 6.07 Å². The summed E-state index contributed by atoms with van der Waals surface area (Å²) in [6, 6.07) is 3.37. The maximum absolute atomic E-state index is 12.2. The molecule has 0 radical (unpaired) electrons. The van der Waals surface area contributed by atoms with Gasteiger partial charge in [-0.05, 0) is 47.9 Å². The average molecular weight is 391 g/mol. The van der Waals surface area contributed by atoms with Crippen LogP contribution in [-0.2, 0) is 6.42 Å². The number of aromatic nitrogens is 2. The summed E-state index contributed by atoms with van der Waals surface area (Å²) in [5.41, 5.74) is 1.97. The molecule has 0 aromatic carbocycles. The Morgan fingerprint density at radius 1 is 1.44 bits per heavy atom. The number of nitrogens with zero attached hydrogens (tertiary/aromatic N) is 1. The number of nitrogens with one attached hydrogen (secondary N) is 1. The largest absolute Gasteiger partial charge is 0.490 e. The lowest BCUT2D eigenvalue weighted by molar-refractivity contribution is 0.0694. The predicted octanol–water partition coefficient (Wildman–Crippen LogP) is 4.26. The Morgan fingerprint density at radius 3 is 2.81 bits per heavy atom. The van der Waals surface area contributed by atoms with Gasteiger partial charge in [-0.1, -0.05) is 38.8 Å². The summed E-state index contributed by atoms with van der Waals surface area (Å²) in [6.07, 6.45) is 2.63. The molecule has 1 aliphatic rings. The van der Waals surface area contributed by atoms with Gasteiger partial charge in [-0.25, -0.2) is 9.78 Å². The monoisotopic (exact) mass is 390 g/mol. The molecule has 144 valence electrons. The highest BCUT2D eigenvalue weighted by molar-refractivity contribution is 6.31. The standard InChI is InChI=1S/C20H23ClN2O4/c1-4-5-6-27-15-8-11-7-12(10(2)3)13-9-14(20(25)26)19(24)23-17(13)16(11)22-18(15)21/h8-10,12H,4-7H2,1-3H3,(H,23,24)(H,25,26). The summed E-state index contributed by atoms with van der Waals surface area (Å²) in [7, 11) is 0. The van der Waals surface area contributed by atoms with Crippen molar-refractivity contribution >= 4 is 17.6 Å². The van der Waals surface area contributed by atoms with Gasteiger partial charge in [0.05, 0.1) is 18.0 Å². The van der Waals surface area contributed by atoms with Gasteiger partial charge in [0, 0.05) is 0 Å². The van der Waals surface area contributed by atoms with Crippen LogP contribution in [0.2, 0.25) is 5.15 Å². The molecule has 7 heteroatoms. The molecule has 0 saturated heterocycles. The second-order valence-corrected chi connectivity index (χ2v) is 7.55. The zero-order chi connectivity index (χ0) is 19.7. The fourth-order valence-corrected chi connectivity index (χ4v) is 3.64. The Balaban J connectivity index is 2.14. The molecule has 0 saturated carbocycles. The number of H-pyrrole nitrogens is 1. The molecular formula is C20H23ClN2O4. The molecule has 1 unspecified atom stereocenters. The van der Waals surface area contributed by atoms with Crippen molar-refractivity contribution in [2.45, 2.75) is 46.0 Å². The zero-order valence-electron chi connectivity index (χ0n) is 15.6. The zero-order valence-corrected chi connectivity index (χ0v) is 16.4. The van der Waals surface area contributed by atoms with E-state index in [-0.39, 0.29) is 22.6 Å². The van der Waals surface area contributed by atoms with Crippen LogP contribution < -0.4 is 10.3 Å². The van der Waals surface area contributed by atoms with E-state index < -0.39 is 11.5 Å².